The van der Waals surface area contributed by atoms with E-state index in [1.807, 2.05) is 36.4 Å². The van der Waals surface area contributed by atoms with Crippen LogP contribution in [0.15, 0.2) is 78.0 Å². The Morgan fingerprint density at radius 3 is 1.72 bits per heavy atom. The average molecular weight is 724 g/mol. The Morgan fingerprint density at radius 1 is 0.821 bits per heavy atom. The van der Waals surface area contributed by atoms with Crippen molar-refractivity contribution >= 4 is 36.3 Å². The Balaban J connectivity index is 0. The molecule has 0 spiro atoms. The zero-order valence-electron chi connectivity index (χ0n) is 20.8. The maximum Gasteiger partial charge on any atom is 0.238 e. The molecule has 0 unspecified atom stereocenters. The van der Waals surface area contributed by atoms with Crippen molar-refractivity contribution in [1.82, 2.24) is 20.2 Å². The van der Waals surface area contributed by atoms with Crippen molar-refractivity contribution in [2.24, 2.45) is 5.14 Å². The van der Waals surface area contributed by atoms with E-state index in [-0.39, 0.29) is 31.2 Å². The van der Waals surface area contributed by atoms with Gasteiger partial charge in [0.15, 0.2) is 0 Å². The Bertz CT molecular complexity index is 1110. The second-order valence-corrected chi connectivity index (χ2v) is 8.95. The van der Waals surface area contributed by atoms with Crippen LogP contribution in [-0.4, -0.2) is 62.6 Å². The average Bonchev–Trinajstić information content (AvgIpc) is 2.96. The maximum absolute atomic E-state index is 12.4. The number of primary sulfonamides is 1. The Morgan fingerprint density at radius 2 is 1.31 bits per heavy atom. The van der Waals surface area contributed by atoms with Gasteiger partial charge in [-0.2, -0.15) is 0 Å². The molecule has 11 nitrogen and oxygen atoms in total. The van der Waals surface area contributed by atoms with E-state index in [2.05, 4.69) is 40.6 Å². The number of nitrogens with two attached hydrogens (primary N) is 1. The molecule has 0 aliphatic carbocycles. The largest absolute Gasteiger partial charge is 0.573 e. The number of carbonyl (C=O) groups is 1. The van der Waals surface area contributed by atoms with Gasteiger partial charge in [0.25, 0.3) is 0 Å². The van der Waals surface area contributed by atoms with Gasteiger partial charge in [-0.05, 0) is 48.4 Å². The maximum atomic E-state index is 12.4. The number of nitrogens with zero attached hydrogens (tertiary/aromatic N) is 3. The van der Waals surface area contributed by atoms with Gasteiger partial charge >= 0.3 is 0 Å². The van der Waals surface area contributed by atoms with Crippen molar-refractivity contribution in [3.8, 4) is 0 Å². The number of pyridine rings is 2. The van der Waals surface area contributed by atoms with Crippen molar-refractivity contribution in [2.45, 2.75) is 30.8 Å². The van der Waals surface area contributed by atoms with Crippen molar-refractivity contribution in [3.63, 3.8) is 0 Å². The van der Waals surface area contributed by atoms with Gasteiger partial charge in [0.05, 0.1) is 16.3 Å². The van der Waals surface area contributed by atoms with Crippen LogP contribution in [0.5, 0.6) is 0 Å². The number of hydrogen-bond donors (Lipinski definition) is 2. The fraction of sp³-hybridized carbons (Fsp3) is 0.231. The quantitative estimate of drug-likeness (QED) is 0.270. The summed E-state index contributed by atoms with van der Waals surface area (Å²) in [7, 11) is -3.70. The fourth-order valence-corrected chi connectivity index (χ4v) is 3.71. The molecule has 0 aliphatic heterocycles. The van der Waals surface area contributed by atoms with Crippen LogP contribution in [0.1, 0.15) is 23.4 Å². The molecule has 0 fully saturated rings. The van der Waals surface area contributed by atoms with Crippen LogP contribution in [-0.2, 0) is 69.1 Å². The number of sulfonamides is 1. The summed E-state index contributed by atoms with van der Waals surface area (Å²) in [6.07, 6.45) is 4.47. The minimum Gasteiger partial charge on any atom is -0.573 e. The third-order valence-electron chi connectivity index (χ3n) is 4.87. The first kappa shape index (κ1) is 37.7. The van der Waals surface area contributed by atoms with Crippen molar-refractivity contribution in [1.29, 1.82) is 0 Å². The predicted molar refractivity (Wildman–Crippen MR) is 139 cm³/mol. The number of nitrogens with one attached hydrogen (secondary N) is 1. The van der Waals surface area contributed by atoms with Gasteiger partial charge in [-0.25, -0.2) is 13.6 Å². The van der Waals surface area contributed by atoms with Gasteiger partial charge < -0.3 is 40.1 Å². The first-order chi connectivity index (χ1) is 18.4. The number of hydrogen-bond acceptors (Lipinski definition) is 9. The standard InChI is InChI=1S/C23H27N5O3S.3CO.Re/c24-32(30,31)22-9-7-19(8-10-22)11-15-27-23(29)12-16-28(17-20-5-1-3-13-25-20)18-21-6-2-4-14-26-21;3*1-2;/h1-10,13-14H,11-12,15-18H2,(H,27,29)(H2,24,30,31);;;;/q;3*-1;. The summed E-state index contributed by atoms with van der Waals surface area (Å²) in [6, 6.07) is 17.9. The van der Waals surface area contributed by atoms with E-state index >= 15 is 0 Å². The second kappa shape index (κ2) is 22.5. The summed E-state index contributed by atoms with van der Waals surface area (Å²) < 4.78 is 22.6. The molecule has 39 heavy (non-hydrogen) atoms. The topological polar surface area (TPSA) is 169 Å². The molecule has 0 aliphatic rings. The van der Waals surface area contributed by atoms with Gasteiger partial charge in [-0.3, -0.25) is 19.7 Å². The zero-order valence-corrected chi connectivity index (χ0v) is 24.4. The molecule has 208 valence electrons. The fourth-order valence-electron chi connectivity index (χ4n) is 3.20. The molecule has 4 radical (unpaired) electrons. The molecular formula is C26H27N5O6ReS-3. The predicted octanol–water partition coefficient (Wildman–Crippen LogP) is 0.681. The first-order valence-electron chi connectivity index (χ1n) is 10.9. The molecule has 0 bridgehead atoms. The third kappa shape index (κ3) is 16.2. The summed E-state index contributed by atoms with van der Waals surface area (Å²) in [5.74, 6) is -0.0433. The molecule has 3 rings (SSSR count). The van der Waals surface area contributed by atoms with Crippen LogP contribution in [0.25, 0.3) is 0 Å². The number of rotatable bonds is 11. The molecule has 3 N–H and O–H groups in total. The van der Waals surface area contributed by atoms with Crippen LogP contribution in [0.4, 0.5) is 0 Å². The van der Waals surface area contributed by atoms with Crippen LogP contribution >= 0.6 is 0 Å². The first-order valence-corrected chi connectivity index (χ1v) is 12.5. The molecule has 0 saturated heterocycles. The van der Waals surface area contributed by atoms with E-state index in [9.17, 15) is 13.2 Å². The second-order valence-electron chi connectivity index (χ2n) is 7.39. The van der Waals surface area contributed by atoms with Gasteiger partial charge in [-0.15, -0.1) is 0 Å². The smallest absolute Gasteiger partial charge is 0.238 e. The van der Waals surface area contributed by atoms with Gasteiger partial charge in [0.1, 0.15) is 0 Å². The molecule has 2 aromatic heterocycles. The molecule has 13 heteroatoms. The minimum atomic E-state index is -3.70. The molecule has 0 atom stereocenters. The van der Waals surface area contributed by atoms with E-state index in [1.54, 1.807) is 24.5 Å². The Hall–Kier alpha value is -3.47. The summed E-state index contributed by atoms with van der Waals surface area (Å²) in [4.78, 5) is 45.9. The minimum absolute atomic E-state index is 0. The normalized spacial score (nSPS) is 9.69. The van der Waals surface area contributed by atoms with Crippen molar-refractivity contribution in [3.05, 3.63) is 90.0 Å². The molecule has 0 saturated carbocycles. The number of carbonyl (C=O) groups excluding carboxylic acids is 4. The van der Waals surface area contributed by atoms with Crippen molar-refractivity contribution in [2.75, 3.05) is 13.1 Å². The molecule has 1 aromatic carbocycles. The summed E-state index contributed by atoms with van der Waals surface area (Å²) >= 11 is 0. The summed E-state index contributed by atoms with van der Waals surface area (Å²) in [5.41, 5.74) is 2.79. The third-order valence-corrected chi connectivity index (χ3v) is 5.80. The van der Waals surface area contributed by atoms with Crippen LogP contribution in [0.3, 0.4) is 0 Å². The monoisotopic (exact) mass is 724 g/mol. The van der Waals surface area contributed by atoms with Crippen LogP contribution in [0.2, 0.25) is 0 Å². The Labute approximate surface area is 242 Å². The van der Waals surface area contributed by atoms with E-state index in [0.29, 0.717) is 39.0 Å². The van der Waals surface area contributed by atoms with Crippen molar-refractivity contribution < 1.29 is 48.0 Å². The van der Waals surface area contributed by atoms with E-state index < -0.39 is 10.0 Å². The van der Waals surface area contributed by atoms with E-state index in [1.165, 1.54) is 12.1 Å². The molecule has 2 heterocycles. The number of aromatic nitrogens is 2. The number of amides is 1. The Kier molecular flexibility index (Phi) is 21.8. The van der Waals surface area contributed by atoms with E-state index in [4.69, 9.17) is 19.5 Å². The zero-order chi connectivity index (χ0) is 28.8. The summed E-state index contributed by atoms with van der Waals surface area (Å²) in [5, 5.41) is 8.02. The number of benzene rings is 1. The summed E-state index contributed by atoms with van der Waals surface area (Å²) in [6.45, 7) is 15.8. The van der Waals surface area contributed by atoms with E-state index in [0.717, 1.165) is 17.0 Å². The van der Waals surface area contributed by atoms with Gasteiger partial charge in [0, 0.05) is 65.4 Å². The van der Waals surface area contributed by atoms with Crippen LogP contribution in [0, 0.1) is 0 Å². The molecule has 1 amide bonds. The van der Waals surface area contributed by atoms with Gasteiger partial charge in [0.2, 0.25) is 15.9 Å². The molecular weight excluding hydrogens is 697 g/mol. The molecule has 3 aromatic rings. The SMILES string of the molecule is NS(=O)(=O)c1ccc(CCNC(=O)CCN(Cc2ccccn2)Cc2ccccn2)cc1.[C-]=O.[C-]=O.[C-]=O.[Re]. The van der Waals surface area contributed by atoms with Crippen LogP contribution < -0.4 is 10.5 Å². The van der Waals surface area contributed by atoms with Gasteiger partial charge in [-0.1, -0.05) is 24.3 Å².